The molecule has 2 aromatic carbocycles. The van der Waals surface area contributed by atoms with Gasteiger partial charge in [0.2, 0.25) is 5.91 Å². The molecule has 1 atom stereocenters. The predicted octanol–water partition coefficient (Wildman–Crippen LogP) is 4.34. The fraction of sp³-hybridized carbons (Fsp3) is 0.409. The Bertz CT molecular complexity index is 709. The van der Waals surface area contributed by atoms with Gasteiger partial charge in [-0.2, -0.15) is 0 Å². The van der Waals surface area contributed by atoms with Gasteiger partial charge < -0.3 is 10.1 Å². The molecule has 3 nitrogen and oxygen atoms in total. The number of ether oxygens (including phenoxy) is 1. The third kappa shape index (κ3) is 4.68. The number of carbonyl (C=O) groups excluding carboxylic acids is 1. The molecule has 2 aromatic rings. The molecule has 0 saturated carbocycles. The first-order chi connectivity index (χ1) is 12.6. The molecule has 0 aromatic heterocycles. The Hall–Kier alpha value is -1.78. The summed E-state index contributed by atoms with van der Waals surface area (Å²) in [5, 5.41) is 3.09. The minimum Gasteiger partial charge on any atom is -0.381 e. The van der Waals surface area contributed by atoms with Gasteiger partial charge in [-0.15, -0.1) is 11.8 Å². The summed E-state index contributed by atoms with van der Waals surface area (Å²) in [6.07, 6.45) is 1.88. The van der Waals surface area contributed by atoms with Gasteiger partial charge in [0, 0.05) is 30.1 Å². The van der Waals surface area contributed by atoms with E-state index in [1.807, 2.05) is 13.0 Å². The summed E-state index contributed by atoms with van der Waals surface area (Å²) in [5.41, 5.74) is 2.50. The van der Waals surface area contributed by atoms with Crippen molar-refractivity contribution >= 4 is 17.7 Å². The van der Waals surface area contributed by atoms with E-state index in [4.69, 9.17) is 4.74 Å². The first kappa shape index (κ1) is 19.0. The smallest absolute Gasteiger partial charge is 0.233 e. The Balaban J connectivity index is 1.63. The summed E-state index contributed by atoms with van der Waals surface area (Å²) < 4.78 is 5.57. The van der Waals surface area contributed by atoms with Crippen LogP contribution in [-0.4, -0.2) is 30.9 Å². The molecule has 1 aliphatic rings. The van der Waals surface area contributed by atoms with Gasteiger partial charge in [0.1, 0.15) is 0 Å². The summed E-state index contributed by atoms with van der Waals surface area (Å²) in [6, 6.07) is 18.8. The number of amides is 1. The van der Waals surface area contributed by atoms with E-state index in [9.17, 15) is 4.79 Å². The molecular formula is C22H27NO2S. The molecule has 1 N–H and O–H groups in total. The summed E-state index contributed by atoms with van der Waals surface area (Å²) in [7, 11) is 0. The lowest BCUT2D eigenvalue weighted by atomic mass is 9.74. The van der Waals surface area contributed by atoms with Crippen molar-refractivity contribution in [2.45, 2.75) is 42.2 Å². The van der Waals surface area contributed by atoms with E-state index < -0.39 is 0 Å². The van der Waals surface area contributed by atoms with Crippen molar-refractivity contribution in [1.82, 2.24) is 5.32 Å². The Labute approximate surface area is 160 Å². The van der Waals surface area contributed by atoms with Gasteiger partial charge in [-0.05, 0) is 44.4 Å². The molecule has 0 radical (unpaired) electrons. The van der Waals surface area contributed by atoms with E-state index in [0.717, 1.165) is 31.0 Å². The van der Waals surface area contributed by atoms with Crippen LogP contribution in [0.2, 0.25) is 0 Å². The summed E-state index contributed by atoms with van der Waals surface area (Å²) in [6.45, 7) is 6.20. The molecule has 0 aliphatic carbocycles. The maximum Gasteiger partial charge on any atom is 0.233 e. The molecule has 1 heterocycles. The second kappa shape index (κ2) is 8.74. The highest BCUT2D eigenvalue weighted by Gasteiger charge is 2.35. The molecule has 3 rings (SSSR count). The van der Waals surface area contributed by atoms with Crippen LogP contribution >= 0.6 is 11.8 Å². The van der Waals surface area contributed by atoms with Crippen LogP contribution in [0.3, 0.4) is 0 Å². The molecule has 26 heavy (non-hydrogen) atoms. The number of hydrogen-bond acceptors (Lipinski definition) is 3. The number of nitrogens with one attached hydrogen (secondary N) is 1. The highest BCUT2D eigenvalue weighted by atomic mass is 32.2. The Kier molecular flexibility index (Phi) is 6.38. The van der Waals surface area contributed by atoms with Gasteiger partial charge in [-0.3, -0.25) is 4.79 Å². The average Bonchev–Trinajstić information content (AvgIpc) is 2.69. The van der Waals surface area contributed by atoms with Crippen LogP contribution in [-0.2, 0) is 14.9 Å². The second-order valence-corrected chi connectivity index (χ2v) is 8.46. The van der Waals surface area contributed by atoms with E-state index in [1.165, 1.54) is 11.1 Å². The number of rotatable bonds is 6. The topological polar surface area (TPSA) is 38.3 Å². The Morgan fingerprint density at radius 2 is 1.77 bits per heavy atom. The summed E-state index contributed by atoms with van der Waals surface area (Å²) in [4.78, 5) is 13.8. The number of benzene rings is 2. The molecular weight excluding hydrogens is 342 g/mol. The van der Waals surface area contributed by atoms with Crippen LogP contribution in [0.25, 0.3) is 0 Å². The number of aryl methyl sites for hydroxylation is 1. The van der Waals surface area contributed by atoms with Crippen molar-refractivity contribution in [2.75, 3.05) is 19.8 Å². The van der Waals surface area contributed by atoms with Gasteiger partial charge in [0.05, 0.1) is 5.25 Å². The largest absolute Gasteiger partial charge is 0.381 e. The number of hydrogen-bond donors (Lipinski definition) is 1. The van der Waals surface area contributed by atoms with E-state index in [0.29, 0.717) is 6.54 Å². The SMILES string of the molecule is Cc1ccc(S[C@@H](C)C(=O)NCC2(c3ccccc3)CCOCC2)cc1. The van der Waals surface area contributed by atoms with Crippen molar-refractivity contribution in [3.63, 3.8) is 0 Å². The van der Waals surface area contributed by atoms with Crippen LogP contribution < -0.4 is 5.32 Å². The fourth-order valence-corrected chi connectivity index (χ4v) is 4.29. The zero-order valence-corrected chi connectivity index (χ0v) is 16.4. The van der Waals surface area contributed by atoms with Gasteiger partial charge in [-0.25, -0.2) is 0 Å². The van der Waals surface area contributed by atoms with Crippen LogP contribution in [0.1, 0.15) is 30.9 Å². The molecule has 4 heteroatoms. The number of thioether (sulfide) groups is 1. The monoisotopic (exact) mass is 369 g/mol. The molecule has 1 fully saturated rings. The third-order valence-corrected chi connectivity index (χ3v) is 6.25. The average molecular weight is 370 g/mol. The van der Waals surface area contributed by atoms with E-state index in [2.05, 4.69) is 60.8 Å². The Morgan fingerprint density at radius 3 is 2.42 bits per heavy atom. The van der Waals surface area contributed by atoms with Crippen LogP contribution in [0, 0.1) is 6.92 Å². The van der Waals surface area contributed by atoms with Crippen LogP contribution in [0.15, 0.2) is 59.5 Å². The molecule has 1 aliphatic heterocycles. The highest BCUT2D eigenvalue weighted by molar-refractivity contribution is 8.00. The standard InChI is InChI=1S/C22H27NO2S/c1-17-8-10-20(11-9-17)26-18(2)21(24)23-16-22(12-14-25-15-13-22)19-6-4-3-5-7-19/h3-11,18H,12-16H2,1-2H3,(H,23,24)/t18-/m0/s1. The zero-order chi connectivity index (χ0) is 18.4. The van der Waals surface area contributed by atoms with E-state index >= 15 is 0 Å². The normalized spacial score (nSPS) is 17.5. The Morgan fingerprint density at radius 1 is 1.12 bits per heavy atom. The quantitative estimate of drug-likeness (QED) is 0.770. The number of carbonyl (C=O) groups is 1. The fourth-order valence-electron chi connectivity index (χ4n) is 3.40. The maximum absolute atomic E-state index is 12.7. The van der Waals surface area contributed by atoms with E-state index in [1.54, 1.807) is 11.8 Å². The zero-order valence-electron chi connectivity index (χ0n) is 15.5. The van der Waals surface area contributed by atoms with Gasteiger partial charge >= 0.3 is 0 Å². The maximum atomic E-state index is 12.7. The molecule has 0 bridgehead atoms. The molecule has 138 valence electrons. The lowest BCUT2D eigenvalue weighted by Gasteiger charge is -2.38. The van der Waals surface area contributed by atoms with E-state index in [-0.39, 0.29) is 16.6 Å². The van der Waals surface area contributed by atoms with Gasteiger partial charge in [0.15, 0.2) is 0 Å². The minimum atomic E-state index is -0.120. The highest BCUT2D eigenvalue weighted by Crippen LogP contribution is 2.34. The van der Waals surface area contributed by atoms with Crippen molar-refractivity contribution in [1.29, 1.82) is 0 Å². The molecule has 1 amide bonds. The van der Waals surface area contributed by atoms with Crippen molar-refractivity contribution in [3.05, 3.63) is 65.7 Å². The van der Waals surface area contributed by atoms with Gasteiger partial charge in [0.25, 0.3) is 0 Å². The van der Waals surface area contributed by atoms with Crippen LogP contribution in [0.4, 0.5) is 0 Å². The van der Waals surface area contributed by atoms with Crippen molar-refractivity contribution < 1.29 is 9.53 Å². The molecule has 0 spiro atoms. The lowest BCUT2D eigenvalue weighted by Crippen LogP contribution is -2.46. The first-order valence-electron chi connectivity index (χ1n) is 9.23. The van der Waals surface area contributed by atoms with Crippen molar-refractivity contribution in [2.24, 2.45) is 0 Å². The van der Waals surface area contributed by atoms with Crippen LogP contribution in [0.5, 0.6) is 0 Å². The summed E-state index contributed by atoms with van der Waals surface area (Å²) >= 11 is 1.60. The lowest BCUT2D eigenvalue weighted by molar-refractivity contribution is -0.120. The second-order valence-electron chi connectivity index (χ2n) is 7.05. The molecule has 1 saturated heterocycles. The van der Waals surface area contributed by atoms with Gasteiger partial charge in [-0.1, -0.05) is 48.0 Å². The predicted molar refractivity (Wildman–Crippen MR) is 108 cm³/mol. The molecule has 0 unspecified atom stereocenters. The minimum absolute atomic E-state index is 0.0244. The summed E-state index contributed by atoms with van der Waals surface area (Å²) in [5.74, 6) is 0.0948. The van der Waals surface area contributed by atoms with Crippen molar-refractivity contribution in [3.8, 4) is 0 Å². The first-order valence-corrected chi connectivity index (χ1v) is 10.1. The third-order valence-electron chi connectivity index (χ3n) is 5.14.